The van der Waals surface area contributed by atoms with Crippen LogP contribution in [0.1, 0.15) is 77.2 Å². The van der Waals surface area contributed by atoms with Crippen molar-refractivity contribution in [2.45, 2.75) is 114 Å². The zero-order valence-corrected chi connectivity index (χ0v) is 32.4. The second-order valence-electron chi connectivity index (χ2n) is 16.0. The number of piperidine rings is 1. The number of ether oxygens (including phenoxy) is 1. The third-order valence-electron chi connectivity index (χ3n) is 11.5. The molecule has 4 saturated heterocycles. The van der Waals surface area contributed by atoms with Gasteiger partial charge in [0.15, 0.2) is 0 Å². The van der Waals surface area contributed by atoms with Crippen LogP contribution in [0.15, 0.2) is 42.5 Å². The number of carbonyl (C=O) groups is 7. The van der Waals surface area contributed by atoms with Gasteiger partial charge < -0.3 is 35.4 Å². The van der Waals surface area contributed by atoms with Crippen LogP contribution in [0.2, 0.25) is 0 Å². The topological polar surface area (TPSA) is 175 Å². The summed E-state index contributed by atoms with van der Waals surface area (Å²) >= 11 is 0. The summed E-state index contributed by atoms with van der Waals surface area (Å²) in [4.78, 5) is 101. The number of allylic oxidation sites excluding steroid dienone is 4. The van der Waals surface area contributed by atoms with Gasteiger partial charge in [-0.05, 0) is 87.8 Å². The molecule has 16 heteroatoms. The number of hydrogen-bond donors (Lipinski definition) is 3. The predicted octanol–water partition coefficient (Wildman–Crippen LogP) is 2.06. The summed E-state index contributed by atoms with van der Waals surface area (Å²) < 4.78 is 34.2. The first kappa shape index (κ1) is 41.5. The van der Waals surface area contributed by atoms with Crippen molar-refractivity contribution >= 4 is 41.4 Å². The number of rotatable bonds is 8. The van der Waals surface area contributed by atoms with Gasteiger partial charge in [0.2, 0.25) is 35.4 Å². The molecule has 1 aromatic carbocycles. The fourth-order valence-electron chi connectivity index (χ4n) is 8.59. The molecule has 4 heterocycles. The number of benzene rings is 1. The molecular formula is C41H52F2N6O8. The average Bonchev–Trinajstić information content (AvgIpc) is 3.84. The molecule has 4 fully saturated rings. The van der Waals surface area contributed by atoms with E-state index in [1.54, 1.807) is 0 Å². The van der Waals surface area contributed by atoms with Crippen LogP contribution in [0.25, 0.3) is 0 Å². The standard InChI is InChI=1S/C41H52F2N6O8/c1-24-17-34-41(56)57-23-31(46-36(51)30(20-27-18-28(42)21-29(43)19-27)45-35(50)14-13-26-9-4-3-5-10-26)39(54)48-16-8-12-33(48)40(55)47-15-7-6-11-32(47)37(52)44-25(2)38(53)49(34)22-24/h3-5,9,18-19,21,24-26,30-34H,6-8,10-17,20,22-23H2,1-2H3,(H,44,52)(H,45,50)(H,46,51)/t24-,25+,26-,30+,31+,32+,33+,34+/m1/s1. The first-order chi connectivity index (χ1) is 27.3. The molecule has 0 bridgehead atoms. The molecule has 14 nitrogen and oxygen atoms in total. The molecule has 3 N–H and O–H groups in total. The molecule has 6 amide bonds. The number of fused-ring (bicyclic) bond motifs is 3. The fourth-order valence-corrected chi connectivity index (χ4v) is 8.59. The Balaban J connectivity index is 1.29. The van der Waals surface area contributed by atoms with Crippen molar-refractivity contribution in [2.24, 2.45) is 11.8 Å². The summed E-state index contributed by atoms with van der Waals surface area (Å²) in [5.74, 6) is -6.10. The number of cyclic esters (lactones) is 1. The lowest BCUT2D eigenvalue weighted by Crippen LogP contribution is -2.62. The van der Waals surface area contributed by atoms with Crippen LogP contribution in [-0.2, 0) is 44.7 Å². The van der Waals surface area contributed by atoms with Gasteiger partial charge in [-0.15, -0.1) is 0 Å². The molecule has 57 heavy (non-hydrogen) atoms. The molecule has 8 atom stereocenters. The van der Waals surface area contributed by atoms with E-state index in [4.69, 9.17) is 4.74 Å². The highest BCUT2D eigenvalue weighted by molar-refractivity contribution is 5.97. The van der Waals surface area contributed by atoms with Crippen molar-refractivity contribution in [2.75, 3.05) is 26.2 Å². The van der Waals surface area contributed by atoms with Crippen molar-refractivity contribution < 1.29 is 47.1 Å². The van der Waals surface area contributed by atoms with Gasteiger partial charge in [-0.3, -0.25) is 28.8 Å². The maximum absolute atomic E-state index is 14.5. The Hall–Kier alpha value is -5.15. The van der Waals surface area contributed by atoms with E-state index in [-0.39, 0.29) is 62.7 Å². The molecule has 308 valence electrons. The van der Waals surface area contributed by atoms with Crippen molar-refractivity contribution in [3.8, 4) is 0 Å². The summed E-state index contributed by atoms with van der Waals surface area (Å²) in [7, 11) is 0. The number of nitrogens with one attached hydrogen (secondary N) is 3. The lowest BCUT2D eigenvalue weighted by Gasteiger charge is -2.39. The van der Waals surface area contributed by atoms with Gasteiger partial charge in [-0.25, -0.2) is 13.6 Å². The van der Waals surface area contributed by atoms with Gasteiger partial charge >= 0.3 is 5.97 Å². The molecule has 4 aliphatic heterocycles. The van der Waals surface area contributed by atoms with Crippen LogP contribution in [0.5, 0.6) is 0 Å². The Morgan fingerprint density at radius 1 is 0.877 bits per heavy atom. The highest BCUT2D eigenvalue weighted by Crippen LogP contribution is 2.28. The third kappa shape index (κ3) is 10.1. The lowest BCUT2D eigenvalue weighted by molar-refractivity contribution is -0.158. The van der Waals surface area contributed by atoms with Crippen LogP contribution in [0.4, 0.5) is 8.78 Å². The Morgan fingerprint density at radius 2 is 1.60 bits per heavy atom. The Bertz CT molecular complexity index is 1780. The van der Waals surface area contributed by atoms with Crippen LogP contribution < -0.4 is 16.0 Å². The largest absolute Gasteiger partial charge is 0.461 e. The maximum atomic E-state index is 14.5. The van der Waals surface area contributed by atoms with Crippen molar-refractivity contribution in [1.82, 2.24) is 30.7 Å². The number of nitrogens with zero attached hydrogens (tertiary/aromatic N) is 3. The highest BCUT2D eigenvalue weighted by Gasteiger charge is 2.46. The van der Waals surface area contributed by atoms with Crippen LogP contribution >= 0.6 is 0 Å². The van der Waals surface area contributed by atoms with E-state index in [0.717, 1.165) is 18.6 Å². The van der Waals surface area contributed by atoms with E-state index in [2.05, 4.69) is 16.0 Å². The zero-order chi connectivity index (χ0) is 40.8. The quantitative estimate of drug-likeness (QED) is 0.336. The third-order valence-corrected chi connectivity index (χ3v) is 11.5. The van der Waals surface area contributed by atoms with E-state index in [1.807, 2.05) is 31.2 Å². The molecule has 5 aliphatic rings. The normalized spacial score (nSPS) is 28.9. The first-order valence-corrected chi connectivity index (χ1v) is 20.1. The van der Waals surface area contributed by atoms with Gasteiger partial charge in [0.05, 0.1) is 0 Å². The zero-order valence-electron chi connectivity index (χ0n) is 32.4. The average molecular weight is 795 g/mol. The minimum Gasteiger partial charge on any atom is -0.461 e. The van der Waals surface area contributed by atoms with Gasteiger partial charge in [0.1, 0.15) is 54.5 Å². The van der Waals surface area contributed by atoms with Crippen LogP contribution in [-0.4, -0.2) is 119 Å². The van der Waals surface area contributed by atoms with Crippen LogP contribution in [0, 0.1) is 23.5 Å². The second kappa shape index (κ2) is 18.4. The number of halogens is 2. The second-order valence-corrected chi connectivity index (χ2v) is 16.0. The Kier molecular flexibility index (Phi) is 13.4. The van der Waals surface area contributed by atoms with E-state index < -0.39 is 95.9 Å². The van der Waals surface area contributed by atoms with E-state index >= 15 is 0 Å². The molecular weight excluding hydrogens is 742 g/mol. The summed E-state index contributed by atoms with van der Waals surface area (Å²) in [5.41, 5.74) is 0.0729. The molecule has 1 aliphatic carbocycles. The smallest absolute Gasteiger partial charge is 0.328 e. The molecule has 6 rings (SSSR count). The number of amides is 6. The molecule has 0 saturated carbocycles. The number of hydrogen-bond acceptors (Lipinski definition) is 8. The molecule has 0 spiro atoms. The monoisotopic (exact) mass is 794 g/mol. The minimum absolute atomic E-state index is 0.0465. The van der Waals surface area contributed by atoms with Gasteiger partial charge in [0, 0.05) is 38.5 Å². The summed E-state index contributed by atoms with van der Waals surface area (Å²) in [5, 5.41) is 8.06. The lowest BCUT2D eigenvalue weighted by atomic mass is 9.95. The SMILES string of the molecule is C[C@@H]1C[C@H]2C(=O)OC[C@H](NC(=O)[C@H](Cc3cc(F)cc(F)c3)NC(=O)CC[C@@H]3C=CC=CC3)C(=O)N3CCC[C@H]3C(=O)N3CCCC[C@H]3C(=O)N[C@@H](C)C(=O)N2C1. The fraction of sp³-hybridized carbons (Fsp3) is 0.585. The first-order valence-electron chi connectivity index (χ1n) is 20.1. The molecule has 1 aromatic rings. The minimum atomic E-state index is -1.55. The van der Waals surface area contributed by atoms with Gasteiger partial charge in [-0.2, -0.15) is 0 Å². The maximum Gasteiger partial charge on any atom is 0.328 e. The van der Waals surface area contributed by atoms with Crippen molar-refractivity contribution in [1.29, 1.82) is 0 Å². The predicted molar refractivity (Wildman–Crippen MR) is 201 cm³/mol. The highest BCUT2D eigenvalue weighted by atomic mass is 19.1. The summed E-state index contributed by atoms with van der Waals surface area (Å²) in [6, 6.07) is -4.07. The summed E-state index contributed by atoms with van der Waals surface area (Å²) in [6.07, 6.45) is 11.4. The van der Waals surface area contributed by atoms with Gasteiger partial charge in [-0.1, -0.05) is 31.2 Å². The summed E-state index contributed by atoms with van der Waals surface area (Å²) in [6.45, 7) is 3.38. The van der Waals surface area contributed by atoms with E-state index in [9.17, 15) is 42.3 Å². The number of esters is 1. The Labute approximate surface area is 330 Å². The van der Waals surface area contributed by atoms with Crippen molar-refractivity contribution in [3.63, 3.8) is 0 Å². The van der Waals surface area contributed by atoms with E-state index in [0.29, 0.717) is 38.2 Å². The Morgan fingerprint density at radius 3 is 2.33 bits per heavy atom. The molecule has 0 radical (unpaired) electrons. The van der Waals surface area contributed by atoms with Gasteiger partial charge in [0.25, 0.3) is 0 Å². The molecule has 0 unspecified atom stereocenters. The van der Waals surface area contributed by atoms with Crippen LogP contribution in [0.3, 0.4) is 0 Å². The number of carbonyl (C=O) groups excluding carboxylic acids is 7. The molecule has 0 aromatic heterocycles. The van der Waals surface area contributed by atoms with E-state index in [1.165, 1.54) is 21.6 Å². The van der Waals surface area contributed by atoms with Crippen molar-refractivity contribution in [3.05, 3.63) is 59.7 Å².